The molecule has 3 rings (SSSR count). The van der Waals surface area contributed by atoms with Crippen molar-refractivity contribution in [3.05, 3.63) is 59.7 Å². The molecule has 2 atom stereocenters. The van der Waals surface area contributed by atoms with Crippen LogP contribution >= 0.6 is 0 Å². The number of aliphatic carboxylic acids is 1. The number of alkyl carbamates (subject to hydrolysis) is 1. The molecule has 188 valence electrons. The van der Waals surface area contributed by atoms with Gasteiger partial charge in [0.05, 0.1) is 0 Å². The standard InChI is InChI=1S/C28H36N2O5/c1-3-9-19(14-15-26(31)30-25(4-2)27(32)33)16-17-29-28(34)35-18-24-22-12-7-5-10-20(22)21-11-6-8-13-23(21)24/h5-8,10-13,19,24-25H,3-4,9,14-18H2,1-2H3,(H,29,34)(H,30,31)(H,32,33)/t19?,25-/m0/s1. The van der Waals surface area contributed by atoms with Crippen LogP contribution in [0.25, 0.3) is 11.1 Å². The van der Waals surface area contributed by atoms with E-state index in [1.807, 2.05) is 24.3 Å². The SMILES string of the molecule is CCCC(CCNC(=O)OCC1c2ccccc2-c2ccccc21)CCC(=O)N[C@@H](CC)C(=O)O. The smallest absolute Gasteiger partial charge is 0.407 e. The minimum Gasteiger partial charge on any atom is -0.480 e. The predicted molar refractivity (Wildman–Crippen MR) is 135 cm³/mol. The highest BCUT2D eigenvalue weighted by Crippen LogP contribution is 2.44. The van der Waals surface area contributed by atoms with Gasteiger partial charge in [0.15, 0.2) is 0 Å². The fourth-order valence-corrected chi connectivity index (χ4v) is 4.81. The number of amides is 2. The number of carbonyl (C=O) groups excluding carboxylic acids is 2. The highest BCUT2D eigenvalue weighted by atomic mass is 16.5. The van der Waals surface area contributed by atoms with Crippen LogP contribution in [0.4, 0.5) is 4.79 Å². The molecule has 0 spiro atoms. The van der Waals surface area contributed by atoms with Crippen molar-refractivity contribution in [3.63, 3.8) is 0 Å². The van der Waals surface area contributed by atoms with Crippen molar-refractivity contribution >= 4 is 18.0 Å². The van der Waals surface area contributed by atoms with E-state index in [9.17, 15) is 14.4 Å². The van der Waals surface area contributed by atoms with Crippen molar-refractivity contribution in [2.45, 2.75) is 64.3 Å². The summed E-state index contributed by atoms with van der Waals surface area (Å²) in [6.07, 6.45) is 3.50. The molecule has 0 radical (unpaired) electrons. The lowest BCUT2D eigenvalue weighted by Crippen LogP contribution is -2.40. The molecule has 7 heteroatoms. The number of carboxylic acids is 1. The number of nitrogens with one attached hydrogen (secondary N) is 2. The number of hydrogen-bond donors (Lipinski definition) is 3. The zero-order valence-corrected chi connectivity index (χ0v) is 20.6. The van der Waals surface area contributed by atoms with Crippen LogP contribution < -0.4 is 10.6 Å². The molecule has 0 saturated carbocycles. The number of fused-ring (bicyclic) bond motifs is 3. The molecule has 3 N–H and O–H groups in total. The first-order valence-electron chi connectivity index (χ1n) is 12.6. The van der Waals surface area contributed by atoms with E-state index in [1.54, 1.807) is 6.92 Å². The molecule has 1 aliphatic carbocycles. The average molecular weight is 481 g/mol. The molecule has 2 aromatic carbocycles. The third kappa shape index (κ3) is 7.07. The molecule has 2 aromatic rings. The predicted octanol–water partition coefficient (Wildman–Crippen LogP) is 5.09. The number of hydrogen-bond acceptors (Lipinski definition) is 4. The summed E-state index contributed by atoms with van der Waals surface area (Å²) >= 11 is 0. The van der Waals surface area contributed by atoms with E-state index in [0.717, 1.165) is 19.3 Å². The number of rotatable bonds is 13. The fraction of sp³-hybridized carbons (Fsp3) is 0.464. The van der Waals surface area contributed by atoms with E-state index in [-0.39, 0.29) is 30.8 Å². The Bertz CT molecular complexity index is 976. The van der Waals surface area contributed by atoms with E-state index >= 15 is 0 Å². The summed E-state index contributed by atoms with van der Waals surface area (Å²) in [5, 5.41) is 14.5. The molecule has 0 saturated heterocycles. The summed E-state index contributed by atoms with van der Waals surface area (Å²) < 4.78 is 5.59. The molecule has 1 unspecified atom stereocenters. The summed E-state index contributed by atoms with van der Waals surface area (Å²) in [4.78, 5) is 35.6. The molecule has 0 bridgehead atoms. The van der Waals surface area contributed by atoms with Crippen molar-refractivity contribution in [1.82, 2.24) is 10.6 Å². The van der Waals surface area contributed by atoms with Gasteiger partial charge in [-0.3, -0.25) is 4.79 Å². The number of ether oxygens (including phenoxy) is 1. The Balaban J connectivity index is 1.43. The van der Waals surface area contributed by atoms with Crippen molar-refractivity contribution in [3.8, 4) is 11.1 Å². The van der Waals surface area contributed by atoms with E-state index in [1.165, 1.54) is 22.3 Å². The lowest BCUT2D eigenvalue weighted by atomic mass is 9.94. The summed E-state index contributed by atoms with van der Waals surface area (Å²) in [5.74, 6) is -0.968. The molecular weight excluding hydrogens is 444 g/mol. The Hall–Kier alpha value is -3.35. The average Bonchev–Trinajstić information content (AvgIpc) is 3.18. The first-order chi connectivity index (χ1) is 16.9. The van der Waals surface area contributed by atoms with Crippen molar-refractivity contribution in [2.24, 2.45) is 5.92 Å². The van der Waals surface area contributed by atoms with Gasteiger partial charge >= 0.3 is 12.1 Å². The molecule has 35 heavy (non-hydrogen) atoms. The second-order valence-corrected chi connectivity index (χ2v) is 9.10. The minimum absolute atomic E-state index is 0.0252. The lowest BCUT2D eigenvalue weighted by Gasteiger charge is -2.18. The van der Waals surface area contributed by atoms with Crippen molar-refractivity contribution in [1.29, 1.82) is 0 Å². The zero-order valence-electron chi connectivity index (χ0n) is 20.6. The largest absolute Gasteiger partial charge is 0.480 e. The molecule has 0 heterocycles. The Kier molecular flexibility index (Phi) is 9.70. The van der Waals surface area contributed by atoms with Gasteiger partial charge in [0.25, 0.3) is 0 Å². The highest BCUT2D eigenvalue weighted by Gasteiger charge is 2.29. The topological polar surface area (TPSA) is 105 Å². The van der Waals surface area contributed by atoms with E-state index in [2.05, 4.69) is 41.8 Å². The maximum Gasteiger partial charge on any atom is 0.407 e. The van der Waals surface area contributed by atoms with E-state index in [0.29, 0.717) is 19.4 Å². The van der Waals surface area contributed by atoms with Crippen LogP contribution in [0.1, 0.15) is 69.4 Å². The van der Waals surface area contributed by atoms with E-state index in [4.69, 9.17) is 9.84 Å². The third-order valence-corrected chi connectivity index (χ3v) is 6.68. The van der Waals surface area contributed by atoms with Crippen LogP contribution in [0.5, 0.6) is 0 Å². The Morgan fingerprint density at radius 2 is 1.57 bits per heavy atom. The van der Waals surface area contributed by atoms with Gasteiger partial charge in [-0.2, -0.15) is 0 Å². The quantitative estimate of drug-likeness (QED) is 0.370. The summed E-state index contributed by atoms with van der Waals surface area (Å²) in [7, 11) is 0. The first kappa shape index (κ1) is 26.3. The van der Waals surface area contributed by atoms with Gasteiger partial charge in [0.1, 0.15) is 12.6 Å². The van der Waals surface area contributed by atoms with Crippen LogP contribution in [-0.2, 0) is 14.3 Å². The van der Waals surface area contributed by atoms with Crippen LogP contribution in [0.3, 0.4) is 0 Å². The normalized spacial score (nSPS) is 13.9. The monoisotopic (exact) mass is 480 g/mol. The molecule has 0 fully saturated rings. The molecular formula is C28H36N2O5. The number of benzene rings is 2. The lowest BCUT2D eigenvalue weighted by molar-refractivity contribution is -0.141. The summed E-state index contributed by atoms with van der Waals surface area (Å²) in [5.41, 5.74) is 4.74. The van der Waals surface area contributed by atoms with Crippen LogP contribution in [0.15, 0.2) is 48.5 Å². The Labute approximate surface area is 207 Å². The first-order valence-corrected chi connectivity index (χ1v) is 12.6. The van der Waals surface area contributed by atoms with Gasteiger partial charge in [0.2, 0.25) is 5.91 Å². The fourth-order valence-electron chi connectivity index (χ4n) is 4.81. The van der Waals surface area contributed by atoms with Gasteiger partial charge in [-0.1, -0.05) is 75.2 Å². The molecule has 7 nitrogen and oxygen atoms in total. The molecule has 0 aliphatic heterocycles. The maximum atomic E-state index is 12.4. The second kappa shape index (κ2) is 12.9. The van der Waals surface area contributed by atoms with Gasteiger partial charge in [-0.25, -0.2) is 9.59 Å². The Morgan fingerprint density at radius 1 is 0.943 bits per heavy atom. The van der Waals surface area contributed by atoms with Gasteiger partial charge in [-0.15, -0.1) is 0 Å². The van der Waals surface area contributed by atoms with Gasteiger partial charge < -0.3 is 20.5 Å². The van der Waals surface area contributed by atoms with Gasteiger partial charge in [0, 0.05) is 18.9 Å². The zero-order chi connectivity index (χ0) is 25.2. The molecule has 1 aliphatic rings. The van der Waals surface area contributed by atoms with Crippen LogP contribution in [-0.4, -0.2) is 42.3 Å². The minimum atomic E-state index is -1.02. The molecule has 2 amide bonds. The Morgan fingerprint density at radius 3 is 2.14 bits per heavy atom. The highest BCUT2D eigenvalue weighted by molar-refractivity contribution is 5.83. The van der Waals surface area contributed by atoms with E-state index < -0.39 is 18.1 Å². The van der Waals surface area contributed by atoms with Crippen LogP contribution in [0.2, 0.25) is 0 Å². The van der Waals surface area contributed by atoms with Crippen molar-refractivity contribution < 1.29 is 24.2 Å². The summed E-state index contributed by atoms with van der Waals surface area (Å²) in [6, 6.07) is 15.6. The van der Waals surface area contributed by atoms with Crippen LogP contribution in [0, 0.1) is 5.92 Å². The molecule has 0 aromatic heterocycles. The third-order valence-electron chi connectivity index (χ3n) is 6.68. The van der Waals surface area contributed by atoms with Gasteiger partial charge in [-0.05, 0) is 47.4 Å². The number of carboxylic acid groups (broad SMARTS) is 1. The second-order valence-electron chi connectivity index (χ2n) is 9.10. The van der Waals surface area contributed by atoms with Crippen molar-refractivity contribution in [2.75, 3.05) is 13.2 Å². The summed E-state index contributed by atoms with van der Waals surface area (Å²) in [6.45, 7) is 4.56. The number of carbonyl (C=O) groups is 3. The maximum absolute atomic E-state index is 12.4.